The third-order valence-corrected chi connectivity index (χ3v) is 10.0. The number of hydrogen-bond donors (Lipinski definition) is 0. The molecule has 4 aromatic rings. The third kappa shape index (κ3) is 4.41. The minimum absolute atomic E-state index is 0. The van der Waals surface area contributed by atoms with Crippen molar-refractivity contribution in [3.63, 3.8) is 0 Å². The first-order valence-electron chi connectivity index (χ1n) is 9.50. The van der Waals surface area contributed by atoms with Crippen LogP contribution in [0.25, 0.3) is 0 Å². The maximum Gasteiger partial charge on any atom is 0.116 e. The third-order valence-electron chi connectivity index (χ3n) is 5.25. The van der Waals surface area contributed by atoms with Crippen LogP contribution in [0.1, 0.15) is 11.1 Å². The van der Waals surface area contributed by atoms with E-state index in [9.17, 15) is 0 Å². The van der Waals surface area contributed by atoms with Crippen molar-refractivity contribution in [1.82, 2.24) is 0 Å². The monoisotopic (exact) mass is 436 g/mol. The standard InChI is InChI=1S/C26H23ClP.ClH/c1-21-17-18-22(19-26(21)27)20-28(23-11-5-2-6-12-23,24-13-7-3-8-14-24)25-15-9-4-10-16-25;/h2-19H,20H2,1H3;1H/q+1;/p-1. The van der Waals surface area contributed by atoms with Crippen LogP contribution in [0.2, 0.25) is 5.02 Å². The fraction of sp³-hybridized carbons (Fsp3) is 0.0769. The van der Waals surface area contributed by atoms with Crippen LogP contribution in [0.5, 0.6) is 0 Å². The van der Waals surface area contributed by atoms with Gasteiger partial charge < -0.3 is 12.4 Å². The zero-order valence-corrected chi connectivity index (χ0v) is 18.7. The number of hydrogen-bond acceptors (Lipinski definition) is 0. The maximum atomic E-state index is 6.49. The predicted octanol–water partition coefficient (Wildman–Crippen LogP) is 3.15. The molecule has 0 aliphatic carbocycles. The lowest BCUT2D eigenvalue weighted by atomic mass is 10.2. The molecule has 0 nitrogen and oxygen atoms in total. The second-order valence-electron chi connectivity index (χ2n) is 7.06. The van der Waals surface area contributed by atoms with Crippen molar-refractivity contribution in [1.29, 1.82) is 0 Å². The average molecular weight is 437 g/mol. The molecule has 0 saturated heterocycles. The Morgan fingerprint density at radius 1 is 0.621 bits per heavy atom. The number of benzene rings is 4. The molecule has 0 heterocycles. The maximum absolute atomic E-state index is 6.49. The fourth-order valence-corrected chi connectivity index (χ4v) is 8.21. The minimum atomic E-state index is -1.87. The van der Waals surface area contributed by atoms with Gasteiger partial charge in [0.05, 0.1) is 6.16 Å². The van der Waals surface area contributed by atoms with Gasteiger partial charge in [-0.15, -0.1) is 0 Å². The number of aryl methyl sites for hydroxylation is 1. The van der Waals surface area contributed by atoms with E-state index >= 15 is 0 Å². The van der Waals surface area contributed by atoms with Gasteiger partial charge in [-0.25, -0.2) is 0 Å². The zero-order chi connectivity index (χ0) is 19.4. The molecule has 0 atom stereocenters. The summed E-state index contributed by atoms with van der Waals surface area (Å²) in [6, 6.07) is 39.4. The fourth-order valence-electron chi connectivity index (χ4n) is 3.78. The van der Waals surface area contributed by atoms with Gasteiger partial charge in [-0.2, -0.15) is 0 Å². The summed E-state index contributed by atoms with van der Waals surface area (Å²) in [6.07, 6.45) is 0.949. The smallest absolute Gasteiger partial charge is 0.116 e. The molecule has 0 aromatic heterocycles. The van der Waals surface area contributed by atoms with Gasteiger partial charge in [0.1, 0.15) is 23.2 Å². The lowest BCUT2D eigenvalue weighted by Gasteiger charge is -2.28. The van der Waals surface area contributed by atoms with Gasteiger partial charge in [0, 0.05) is 5.02 Å². The molecule has 0 fully saturated rings. The van der Waals surface area contributed by atoms with Gasteiger partial charge in [0.15, 0.2) is 0 Å². The second-order valence-corrected chi connectivity index (χ2v) is 11.0. The second kappa shape index (κ2) is 9.59. The molecule has 0 aliphatic heterocycles. The van der Waals surface area contributed by atoms with Gasteiger partial charge in [-0.3, -0.25) is 0 Å². The van der Waals surface area contributed by atoms with E-state index in [0.29, 0.717) is 0 Å². The Kier molecular flexibility index (Phi) is 7.14. The largest absolute Gasteiger partial charge is 1.00 e. The van der Waals surface area contributed by atoms with E-state index in [1.807, 2.05) is 0 Å². The SMILES string of the molecule is Cc1ccc(C[P+](c2ccccc2)(c2ccccc2)c2ccccc2)cc1Cl.[Cl-]. The van der Waals surface area contributed by atoms with Crippen molar-refractivity contribution < 1.29 is 12.4 Å². The highest BCUT2D eigenvalue weighted by atomic mass is 35.5. The van der Waals surface area contributed by atoms with Crippen LogP contribution < -0.4 is 28.3 Å². The summed E-state index contributed by atoms with van der Waals surface area (Å²) in [7, 11) is -1.87. The minimum Gasteiger partial charge on any atom is -1.00 e. The number of halogens is 2. The summed E-state index contributed by atoms with van der Waals surface area (Å²) in [5.41, 5.74) is 2.40. The summed E-state index contributed by atoms with van der Waals surface area (Å²) in [4.78, 5) is 0. The van der Waals surface area contributed by atoms with Gasteiger partial charge in [0.25, 0.3) is 0 Å². The molecule has 0 amide bonds. The lowest BCUT2D eigenvalue weighted by Crippen LogP contribution is -3.00. The van der Waals surface area contributed by atoms with Crippen molar-refractivity contribution in [2.24, 2.45) is 0 Å². The van der Waals surface area contributed by atoms with E-state index in [1.165, 1.54) is 21.5 Å². The van der Waals surface area contributed by atoms with Crippen molar-refractivity contribution in [3.8, 4) is 0 Å². The highest BCUT2D eigenvalue weighted by Gasteiger charge is 2.45. The van der Waals surface area contributed by atoms with Gasteiger partial charge >= 0.3 is 0 Å². The summed E-state index contributed by atoms with van der Waals surface area (Å²) in [6.45, 7) is 2.06. The first-order chi connectivity index (χ1) is 13.7. The molecule has 0 N–H and O–H groups in total. The molecule has 4 rings (SSSR count). The molecule has 0 unspecified atom stereocenters. The first kappa shape index (κ1) is 21.6. The summed E-state index contributed by atoms with van der Waals surface area (Å²) < 4.78 is 0. The predicted molar refractivity (Wildman–Crippen MR) is 125 cm³/mol. The Labute approximate surface area is 185 Å². The summed E-state index contributed by atoms with van der Waals surface area (Å²) in [5, 5.41) is 5.02. The van der Waals surface area contributed by atoms with E-state index < -0.39 is 7.26 Å². The van der Waals surface area contributed by atoms with Crippen molar-refractivity contribution in [3.05, 3.63) is 125 Å². The molecular weight excluding hydrogens is 414 g/mol. The van der Waals surface area contributed by atoms with E-state index in [2.05, 4.69) is 116 Å². The zero-order valence-electron chi connectivity index (χ0n) is 16.3. The van der Waals surface area contributed by atoms with Crippen LogP contribution in [0.4, 0.5) is 0 Å². The Morgan fingerprint density at radius 3 is 1.41 bits per heavy atom. The molecule has 0 radical (unpaired) electrons. The molecule has 29 heavy (non-hydrogen) atoms. The van der Waals surface area contributed by atoms with Crippen LogP contribution >= 0.6 is 18.9 Å². The Hall–Kier alpha value is -2.11. The molecule has 0 aliphatic rings. The van der Waals surface area contributed by atoms with Crippen LogP contribution in [0, 0.1) is 6.92 Å². The van der Waals surface area contributed by atoms with Crippen molar-refractivity contribution >= 4 is 34.8 Å². The Bertz CT molecular complexity index is 951. The van der Waals surface area contributed by atoms with E-state index in [-0.39, 0.29) is 12.4 Å². The number of rotatable bonds is 5. The van der Waals surface area contributed by atoms with E-state index in [0.717, 1.165) is 16.7 Å². The van der Waals surface area contributed by atoms with Crippen molar-refractivity contribution in [2.75, 3.05) is 0 Å². The molecular formula is C26H23Cl2P. The Balaban J connectivity index is 0.00000240. The topological polar surface area (TPSA) is 0 Å². The molecule has 146 valence electrons. The van der Waals surface area contributed by atoms with Gasteiger partial charge in [-0.05, 0) is 60.5 Å². The Morgan fingerprint density at radius 2 is 1.03 bits per heavy atom. The van der Waals surface area contributed by atoms with Crippen molar-refractivity contribution in [2.45, 2.75) is 13.1 Å². The normalized spacial score (nSPS) is 11.0. The van der Waals surface area contributed by atoms with Gasteiger partial charge in [-0.1, -0.05) is 78.3 Å². The van der Waals surface area contributed by atoms with Crippen LogP contribution in [0.3, 0.4) is 0 Å². The first-order valence-corrected chi connectivity index (χ1v) is 11.9. The molecule has 0 bridgehead atoms. The molecule has 3 heteroatoms. The molecule has 4 aromatic carbocycles. The van der Waals surface area contributed by atoms with Crippen LogP contribution in [-0.4, -0.2) is 0 Å². The van der Waals surface area contributed by atoms with Crippen LogP contribution in [0.15, 0.2) is 109 Å². The summed E-state index contributed by atoms with van der Waals surface area (Å²) in [5.74, 6) is 0. The quantitative estimate of drug-likeness (QED) is 0.421. The highest BCUT2D eigenvalue weighted by Crippen LogP contribution is 2.58. The lowest BCUT2D eigenvalue weighted by molar-refractivity contribution is -0.00000542. The summed E-state index contributed by atoms with van der Waals surface area (Å²) >= 11 is 6.49. The molecule has 0 saturated carbocycles. The highest BCUT2D eigenvalue weighted by molar-refractivity contribution is 7.95. The van der Waals surface area contributed by atoms with E-state index in [1.54, 1.807) is 0 Å². The van der Waals surface area contributed by atoms with E-state index in [4.69, 9.17) is 11.6 Å². The molecule has 0 spiro atoms. The van der Waals surface area contributed by atoms with Crippen LogP contribution in [-0.2, 0) is 6.16 Å². The average Bonchev–Trinajstić information content (AvgIpc) is 2.76. The van der Waals surface area contributed by atoms with Gasteiger partial charge in [0.2, 0.25) is 0 Å².